The van der Waals surface area contributed by atoms with Crippen molar-refractivity contribution in [3.05, 3.63) is 42.0 Å². The number of rotatable bonds is 4. The Hall–Kier alpha value is -2.55. The molecule has 2 heterocycles. The van der Waals surface area contributed by atoms with Crippen molar-refractivity contribution in [3.63, 3.8) is 0 Å². The zero-order valence-electron chi connectivity index (χ0n) is 16.2. The van der Waals surface area contributed by atoms with Crippen LogP contribution in [0, 0.1) is 5.82 Å². The lowest BCUT2D eigenvalue weighted by molar-refractivity contribution is 0.379. The summed E-state index contributed by atoms with van der Waals surface area (Å²) in [4.78, 5) is 12.8. The minimum Gasteiger partial charge on any atom is -0.480 e. The molecular formula is C19H23FN4O3S. The van der Waals surface area contributed by atoms with Crippen LogP contribution in [0.15, 0.2) is 35.6 Å². The van der Waals surface area contributed by atoms with Crippen molar-refractivity contribution in [1.29, 1.82) is 0 Å². The maximum atomic E-state index is 14.7. The van der Waals surface area contributed by atoms with Gasteiger partial charge in [-0.15, -0.1) is 0 Å². The Labute approximate surface area is 163 Å². The van der Waals surface area contributed by atoms with Crippen LogP contribution in [0.25, 0.3) is 11.3 Å². The van der Waals surface area contributed by atoms with Crippen LogP contribution >= 0.6 is 0 Å². The lowest BCUT2D eigenvalue weighted by atomic mass is 9.81. The Kier molecular flexibility index (Phi) is 4.91. The van der Waals surface area contributed by atoms with E-state index in [0.717, 1.165) is 6.26 Å². The third-order valence-corrected chi connectivity index (χ3v) is 7.55. The molecule has 0 radical (unpaired) electrons. The molecule has 0 saturated heterocycles. The van der Waals surface area contributed by atoms with Crippen molar-refractivity contribution in [2.45, 2.75) is 37.0 Å². The third-order valence-electron chi connectivity index (χ3n) is 5.50. The second-order valence-electron chi connectivity index (χ2n) is 7.41. The fourth-order valence-corrected chi connectivity index (χ4v) is 4.19. The van der Waals surface area contributed by atoms with Gasteiger partial charge in [-0.25, -0.2) is 22.8 Å². The van der Waals surface area contributed by atoms with Gasteiger partial charge in [0.05, 0.1) is 30.7 Å². The summed E-state index contributed by atoms with van der Waals surface area (Å²) in [7, 11) is -1.96. The normalized spacial score (nSPS) is 25.2. The Balaban J connectivity index is 2.06. The monoisotopic (exact) mass is 406 g/mol. The van der Waals surface area contributed by atoms with Crippen molar-refractivity contribution >= 4 is 15.7 Å². The summed E-state index contributed by atoms with van der Waals surface area (Å²) in [5, 5.41) is 0. The third kappa shape index (κ3) is 3.34. The summed E-state index contributed by atoms with van der Waals surface area (Å²) < 4.78 is 42.8. The molecule has 1 aromatic heterocycles. The second kappa shape index (κ2) is 6.80. The number of nitrogens with two attached hydrogens (primary N) is 1. The second-order valence-corrected chi connectivity index (χ2v) is 9.86. The fraction of sp³-hybridized carbons (Fsp3) is 0.421. The number of amidine groups is 1. The maximum absolute atomic E-state index is 14.7. The minimum atomic E-state index is -3.45. The first-order valence-electron chi connectivity index (χ1n) is 8.72. The Morgan fingerprint density at radius 3 is 2.43 bits per heavy atom. The summed E-state index contributed by atoms with van der Waals surface area (Å²) in [6.07, 6.45) is 4.75. The molecule has 150 valence electrons. The van der Waals surface area contributed by atoms with E-state index in [1.807, 2.05) is 0 Å². The van der Waals surface area contributed by atoms with E-state index in [2.05, 4.69) is 15.0 Å². The van der Waals surface area contributed by atoms with Crippen molar-refractivity contribution in [1.82, 2.24) is 9.97 Å². The fourth-order valence-electron chi connectivity index (χ4n) is 3.29. The lowest BCUT2D eigenvalue weighted by Gasteiger charge is -2.39. The van der Waals surface area contributed by atoms with Crippen LogP contribution < -0.4 is 10.5 Å². The van der Waals surface area contributed by atoms with Crippen molar-refractivity contribution in [2.75, 3.05) is 13.4 Å². The van der Waals surface area contributed by atoms with Crippen LogP contribution in [0.3, 0.4) is 0 Å². The van der Waals surface area contributed by atoms with Gasteiger partial charge in [0.2, 0.25) is 5.88 Å². The number of ether oxygens (including phenoxy) is 1. The molecular weight excluding hydrogens is 383 g/mol. The van der Waals surface area contributed by atoms with E-state index < -0.39 is 25.9 Å². The van der Waals surface area contributed by atoms with Crippen molar-refractivity contribution in [2.24, 2.45) is 10.7 Å². The largest absolute Gasteiger partial charge is 0.480 e. The van der Waals surface area contributed by atoms with Crippen LogP contribution in [0.4, 0.5) is 4.39 Å². The van der Waals surface area contributed by atoms with Crippen LogP contribution in [-0.4, -0.2) is 42.3 Å². The smallest absolute Gasteiger partial charge is 0.232 e. The highest BCUT2D eigenvalue weighted by Crippen LogP contribution is 2.42. The Bertz CT molecular complexity index is 1040. The SMILES string of the molecule is COc1cnc(-c2ccc(F)c([C@]3(C)CC[C@@](C)(S(C)(=O)=O)C(N)=N3)c2)cn1. The molecule has 0 fully saturated rings. The van der Waals surface area contributed by atoms with Gasteiger partial charge in [-0.3, -0.25) is 4.99 Å². The zero-order chi connectivity index (χ0) is 20.7. The summed E-state index contributed by atoms with van der Waals surface area (Å²) in [5.41, 5.74) is 6.63. The van der Waals surface area contributed by atoms with Crippen LogP contribution in [0.1, 0.15) is 32.3 Å². The topological polar surface area (TPSA) is 108 Å². The number of aliphatic imine (C=N–C) groups is 1. The molecule has 0 saturated carbocycles. The van der Waals surface area contributed by atoms with Crippen LogP contribution in [-0.2, 0) is 15.4 Å². The number of halogens is 1. The Morgan fingerprint density at radius 1 is 1.18 bits per heavy atom. The van der Waals surface area contributed by atoms with E-state index in [4.69, 9.17) is 10.5 Å². The molecule has 1 aliphatic rings. The summed E-state index contributed by atoms with van der Waals surface area (Å²) in [5.74, 6) is -0.0622. The summed E-state index contributed by atoms with van der Waals surface area (Å²) >= 11 is 0. The van der Waals surface area contributed by atoms with Gasteiger partial charge in [-0.1, -0.05) is 0 Å². The predicted octanol–water partition coefficient (Wildman–Crippen LogP) is 2.46. The highest BCUT2D eigenvalue weighted by Gasteiger charge is 2.47. The molecule has 0 amide bonds. The van der Waals surface area contributed by atoms with Gasteiger partial charge in [-0.2, -0.15) is 0 Å². The first-order valence-corrected chi connectivity index (χ1v) is 10.6. The van der Waals surface area contributed by atoms with Crippen LogP contribution in [0.2, 0.25) is 0 Å². The Morgan fingerprint density at radius 2 is 1.89 bits per heavy atom. The molecule has 2 N–H and O–H groups in total. The van der Waals surface area contributed by atoms with Crippen LogP contribution in [0.5, 0.6) is 5.88 Å². The van der Waals surface area contributed by atoms with E-state index in [0.29, 0.717) is 29.1 Å². The number of aromatic nitrogens is 2. The molecule has 2 aromatic rings. The molecule has 3 rings (SSSR count). The number of hydrogen-bond acceptors (Lipinski definition) is 7. The number of sulfone groups is 1. The summed E-state index contributed by atoms with van der Waals surface area (Å²) in [6.45, 7) is 3.31. The number of nitrogens with zero attached hydrogens (tertiary/aromatic N) is 3. The van der Waals surface area contributed by atoms with E-state index in [-0.39, 0.29) is 12.3 Å². The lowest BCUT2D eigenvalue weighted by Crippen LogP contribution is -2.52. The number of hydrogen-bond donors (Lipinski definition) is 1. The van der Waals surface area contributed by atoms with E-state index in [9.17, 15) is 12.8 Å². The molecule has 2 atom stereocenters. The van der Waals surface area contributed by atoms with Gasteiger partial charge in [0.15, 0.2) is 9.84 Å². The molecule has 28 heavy (non-hydrogen) atoms. The maximum Gasteiger partial charge on any atom is 0.232 e. The summed E-state index contributed by atoms with van der Waals surface area (Å²) in [6, 6.07) is 4.61. The van der Waals surface area contributed by atoms with E-state index in [1.165, 1.54) is 25.6 Å². The molecule has 0 unspecified atom stereocenters. The van der Waals surface area contributed by atoms with E-state index in [1.54, 1.807) is 26.0 Å². The standard InChI is InChI=1S/C19H23FN4O3S/c1-18(7-8-19(2,17(21)24-18)28(4,25)26)13-9-12(5-6-14(13)20)15-10-23-16(27-3)11-22-15/h5-6,9-11H,7-8H2,1-4H3,(H2,21,24)/t18-,19+/m0/s1. The molecule has 0 aliphatic carbocycles. The molecule has 0 spiro atoms. The van der Waals surface area contributed by atoms with Crippen molar-refractivity contribution in [3.8, 4) is 17.1 Å². The molecule has 9 heteroatoms. The first kappa shape index (κ1) is 20.2. The highest BCUT2D eigenvalue weighted by molar-refractivity contribution is 7.92. The minimum absolute atomic E-state index is 0.00204. The van der Waals surface area contributed by atoms with Gasteiger partial charge >= 0.3 is 0 Å². The first-order chi connectivity index (χ1) is 13.0. The molecule has 1 aromatic carbocycles. The van der Waals surface area contributed by atoms with Gasteiger partial charge in [-0.05, 0) is 44.9 Å². The number of methoxy groups -OCH3 is 1. The molecule has 7 nitrogen and oxygen atoms in total. The average molecular weight is 406 g/mol. The quantitative estimate of drug-likeness (QED) is 0.836. The zero-order valence-corrected chi connectivity index (χ0v) is 17.0. The molecule has 0 bridgehead atoms. The highest BCUT2D eigenvalue weighted by atomic mass is 32.2. The van der Waals surface area contributed by atoms with Gasteiger partial charge < -0.3 is 10.5 Å². The molecule has 1 aliphatic heterocycles. The van der Waals surface area contributed by atoms with Gasteiger partial charge in [0, 0.05) is 17.4 Å². The van der Waals surface area contributed by atoms with E-state index >= 15 is 0 Å². The van der Waals surface area contributed by atoms with Gasteiger partial charge in [0.1, 0.15) is 16.4 Å². The van der Waals surface area contributed by atoms with Crippen molar-refractivity contribution < 1.29 is 17.5 Å². The number of benzene rings is 1. The average Bonchev–Trinajstić information content (AvgIpc) is 2.64. The van der Waals surface area contributed by atoms with Gasteiger partial charge in [0.25, 0.3) is 0 Å². The predicted molar refractivity (Wildman–Crippen MR) is 105 cm³/mol.